The van der Waals surface area contributed by atoms with Crippen LogP contribution in [0.3, 0.4) is 0 Å². The van der Waals surface area contributed by atoms with E-state index < -0.39 is 0 Å². The van der Waals surface area contributed by atoms with E-state index in [1.807, 2.05) is 25.0 Å². The molecular formula is C12H23N3. The zero-order valence-corrected chi connectivity index (χ0v) is 10.2. The number of nitrogens with one attached hydrogen (secondary N) is 1. The zero-order chi connectivity index (χ0) is 11.1. The Morgan fingerprint density at radius 2 is 2.27 bits per heavy atom. The van der Waals surface area contributed by atoms with Crippen molar-refractivity contribution < 1.29 is 0 Å². The van der Waals surface area contributed by atoms with E-state index >= 15 is 0 Å². The van der Waals surface area contributed by atoms with Crippen molar-refractivity contribution in [1.82, 2.24) is 15.1 Å². The summed E-state index contributed by atoms with van der Waals surface area (Å²) in [6, 6.07) is 0. The van der Waals surface area contributed by atoms with Crippen molar-refractivity contribution in [3.05, 3.63) is 18.0 Å². The van der Waals surface area contributed by atoms with Gasteiger partial charge < -0.3 is 5.32 Å². The van der Waals surface area contributed by atoms with Crippen LogP contribution in [0.4, 0.5) is 0 Å². The lowest BCUT2D eigenvalue weighted by Gasteiger charge is -2.14. The molecule has 1 rings (SSSR count). The molecule has 0 radical (unpaired) electrons. The summed E-state index contributed by atoms with van der Waals surface area (Å²) < 4.78 is 1.88. The molecule has 15 heavy (non-hydrogen) atoms. The van der Waals surface area contributed by atoms with Gasteiger partial charge in [-0.15, -0.1) is 0 Å². The van der Waals surface area contributed by atoms with E-state index in [0.29, 0.717) is 0 Å². The molecule has 0 saturated carbocycles. The minimum Gasteiger partial charge on any atom is -0.319 e. The van der Waals surface area contributed by atoms with Gasteiger partial charge in [0.25, 0.3) is 0 Å². The van der Waals surface area contributed by atoms with Gasteiger partial charge in [0.1, 0.15) is 0 Å². The molecule has 1 N–H and O–H groups in total. The summed E-state index contributed by atoms with van der Waals surface area (Å²) in [7, 11) is 4.01. The highest BCUT2D eigenvalue weighted by atomic mass is 15.2. The molecule has 0 spiro atoms. The number of nitrogens with zero attached hydrogens (tertiary/aromatic N) is 2. The predicted octanol–water partition coefficient (Wildman–Crippen LogP) is 1.99. The Morgan fingerprint density at radius 3 is 2.80 bits per heavy atom. The lowest BCUT2D eigenvalue weighted by Crippen LogP contribution is -2.19. The molecule has 0 aliphatic heterocycles. The van der Waals surface area contributed by atoms with Crippen molar-refractivity contribution >= 4 is 0 Å². The van der Waals surface area contributed by atoms with Crippen molar-refractivity contribution in [3.63, 3.8) is 0 Å². The molecular weight excluding hydrogens is 186 g/mol. The fourth-order valence-corrected chi connectivity index (χ4v) is 2.02. The number of rotatable bonds is 7. The lowest BCUT2D eigenvalue weighted by atomic mass is 9.96. The molecule has 0 aliphatic rings. The van der Waals surface area contributed by atoms with Gasteiger partial charge in [0.05, 0.1) is 6.20 Å². The fourth-order valence-electron chi connectivity index (χ4n) is 2.02. The molecule has 3 nitrogen and oxygen atoms in total. The number of hydrogen-bond acceptors (Lipinski definition) is 2. The van der Waals surface area contributed by atoms with Crippen LogP contribution < -0.4 is 5.32 Å². The van der Waals surface area contributed by atoms with E-state index in [1.54, 1.807) is 0 Å². The molecule has 1 heterocycles. The van der Waals surface area contributed by atoms with Crippen LogP contribution in [-0.2, 0) is 13.5 Å². The van der Waals surface area contributed by atoms with Crippen LogP contribution in [0, 0.1) is 5.92 Å². The Kier molecular flexibility index (Phi) is 5.40. The minimum atomic E-state index is 0.806. The fraction of sp³-hybridized carbons (Fsp3) is 0.750. The first-order valence-electron chi connectivity index (χ1n) is 5.88. The molecule has 86 valence electrons. The van der Waals surface area contributed by atoms with Crippen LogP contribution >= 0.6 is 0 Å². The molecule has 0 aromatic carbocycles. The maximum absolute atomic E-state index is 4.19. The summed E-state index contributed by atoms with van der Waals surface area (Å²) in [5, 5.41) is 7.46. The number of hydrogen-bond donors (Lipinski definition) is 1. The maximum Gasteiger partial charge on any atom is 0.0521 e. The average molecular weight is 209 g/mol. The van der Waals surface area contributed by atoms with E-state index in [1.165, 1.54) is 24.8 Å². The van der Waals surface area contributed by atoms with Crippen molar-refractivity contribution in [3.8, 4) is 0 Å². The molecule has 1 aromatic rings. The van der Waals surface area contributed by atoms with Gasteiger partial charge in [-0.25, -0.2) is 0 Å². The molecule has 3 heteroatoms. The third-order valence-electron chi connectivity index (χ3n) is 2.79. The van der Waals surface area contributed by atoms with Crippen LogP contribution in [0.15, 0.2) is 12.4 Å². The van der Waals surface area contributed by atoms with Gasteiger partial charge in [-0.05, 0) is 44.3 Å². The Balaban J connectivity index is 2.32. The molecule has 0 bridgehead atoms. The summed E-state index contributed by atoms with van der Waals surface area (Å²) in [6.07, 6.45) is 9.10. The highest BCUT2D eigenvalue weighted by Crippen LogP contribution is 2.13. The first-order valence-corrected chi connectivity index (χ1v) is 5.88. The first-order chi connectivity index (χ1) is 7.26. The summed E-state index contributed by atoms with van der Waals surface area (Å²) in [5.74, 6) is 0.806. The van der Waals surface area contributed by atoms with Gasteiger partial charge in [-0.2, -0.15) is 5.10 Å². The predicted molar refractivity (Wildman–Crippen MR) is 63.9 cm³/mol. The van der Waals surface area contributed by atoms with Gasteiger partial charge >= 0.3 is 0 Å². The van der Waals surface area contributed by atoms with Gasteiger partial charge in [-0.3, -0.25) is 4.68 Å². The summed E-state index contributed by atoms with van der Waals surface area (Å²) in [4.78, 5) is 0. The minimum absolute atomic E-state index is 0.806. The van der Waals surface area contributed by atoms with E-state index in [-0.39, 0.29) is 0 Å². The Morgan fingerprint density at radius 1 is 1.47 bits per heavy atom. The Labute approximate surface area is 92.9 Å². The molecule has 0 fully saturated rings. The maximum atomic E-state index is 4.19. The smallest absolute Gasteiger partial charge is 0.0521 e. The quantitative estimate of drug-likeness (QED) is 0.744. The SMILES string of the molecule is CCCC(CCc1cnn(C)c1)CNC. The number of aromatic nitrogens is 2. The largest absolute Gasteiger partial charge is 0.319 e. The lowest BCUT2D eigenvalue weighted by molar-refractivity contribution is 0.428. The Hall–Kier alpha value is -0.830. The highest BCUT2D eigenvalue weighted by molar-refractivity contribution is 5.03. The van der Waals surface area contributed by atoms with Gasteiger partial charge in [0, 0.05) is 13.2 Å². The second kappa shape index (κ2) is 6.62. The average Bonchev–Trinajstić information content (AvgIpc) is 2.61. The highest BCUT2D eigenvalue weighted by Gasteiger charge is 2.07. The summed E-state index contributed by atoms with van der Waals surface area (Å²) >= 11 is 0. The monoisotopic (exact) mass is 209 g/mol. The van der Waals surface area contributed by atoms with E-state index in [4.69, 9.17) is 0 Å². The third-order valence-corrected chi connectivity index (χ3v) is 2.79. The van der Waals surface area contributed by atoms with E-state index in [9.17, 15) is 0 Å². The van der Waals surface area contributed by atoms with Crippen LogP contribution in [0.2, 0.25) is 0 Å². The number of aryl methyl sites for hydroxylation is 2. The standard InChI is InChI=1S/C12H23N3/c1-4-5-11(8-13-2)6-7-12-9-14-15(3)10-12/h9-11,13H,4-8H2,1-3H3. The molecule has 1 atom stereocenters. The molecule has 1 unspecified atom stereocenters. The summed E-state index contributed by atoms with van der Waals surface area (Å²) in [5.41, 5.74) is 1.36. The molecule has 1 aromatic heterocycles. The van der Waals surface area contributed by atoms with Crippen LogP contribution in [-0.4, -0.2) is 23.4 Å². The van der Waals surface area contributed by atoms with Crippen LogP contribution in [0.5, 0.6) is 0 Å². The zero-order valence-electron chi connectivity index (χ0n) is 10.2. The molecule has 0 amide bonds. The van der Waals surface area contributed by atoms with E-state index in [2.05, 4.69) is 23.5 Å². The van der Waals surface area contributed by atoms with E-state index in [0.717, 1.165) is 18.9 Å². The van der Waals surface area contributed by atoms with Crippen LogP contribution in [0.1, 0.15) is 31.7 Å². The van der Waals surface area contributed by atoms with Gasteiger partial charge in [0.2, 0.25) is 0 Å². The van der Waals surface area contributed by atoms with Crippen molar-refractivity contribution in [1.29, 1.82) is 0 Å². The topological polar surface area (TPSA) is 29.9 Å². The normalized spacial score (nSPS) is 13.0. The Bertz CT molecular complexity index is 262. The third kappa shape index (κ3) is 4.47. The van der Waals surface area contributed by atoms with Crippen molar-refractivity contribution in [2.45, 2.75) is 32.6 Å². The van der Waals surface area contributed by atoms with Crippen molar-refractivity contribution in [2.75, 3.05) is 13.6 Å². The second-order valence-corrected chi connectivity index (χ2v) is 4.27. The first kappa shape index (κ1) is 12.2. The second-order valence-electron chi connectivity index (χ2n) is 4.27. The van der Waals surface area contributed by atoms with Crippen LogP contribution in [0.25, 0.3) is 0 Å². The molecule has 0 saturated heterocycles. The van der Waals surface area contributed by atoms with Gasteiger partial charge in [-0.1, -0.05) is 13.3 Å². The van der Waals surface area contributed by atoms with Gasteiger partial charge in [0.15, 0.2) is 0 Å². The van der Waals surface area contributed by atoms with Crippen molar-refractivity contribution in [2.24, 2.45) is 13.0 Å². The molecule has 0 aliphatic carbocycles. The summed E-state index contributed by atoms with van der Waals surface area (Å²) in [6.45, 7) is 3.39.